The molecule has 0 fully saturated rings. The monoisotopic (exact) mass is 445 g/mol. The highest BCUT2D eigenvalue weighted by molar-refractivity contribution is 7.92. The smallest absolute Gasteiger partial charge is 0.262 e. The third-order valence-electron chi connectivity index (χ3n) is 4.39. The molecule has 0 aliphatic heterocycles. The Labute approximate surface area is 178 Å². The maximum absolute atomic E-state index is 13.9. The molecule has 3 aromatic rings. The van der Waals surface area contributed by atoms with Gasteiger partial charge in [0.15, 0.2) is 0 Å². The van der Waals surface area contributed by atoms with E-state index in [0.717, 1.165) is 6.07 Å². The third-order valence-corrected chi connectivity index (χ3v) is 5.90. The first-order valence-corrected chi connectivity index (χ1v) is 10.7. The Morgan fingerprint density at radius 1 is 1.10 bits per heavy atom. The summed E-state index contributed by atoms with van der Waals surface area (Å²) in [6, 6.07) is 10.3. The van der Waals surface area contributed by atoms with Gasteiger partial charge < -0.3 is 15.1 Å². The van der Waals surface area contributed by atoms with Gasteiger partial charge in [0.2, 0.25) is 5.91 Å². The number of anilines is 2. The van der Waals surface area contributed by atoms with Crippen molar-refractivity contribution in [3.05, 3.63) is 78.0 Å². The second kappa shape index (κ2) is 9.00. The fraction of sp³-hybridized carbons (Fsp3) is 0.143. The van der Waals surface area contributed by atoms with E-state index in [0.29, 0.717) is 5.56 Å². The lowest BCUT2D eigenvalue weighted by molar-refractivity contribution is -0.117. The Hall–Kier alpha value is -3.66. The lowest BCUT2D eigenvalue weighted by atomic mass is 10.2. The summed E-state index contributed by atoms with van der Waals surface area (Å²) in [4.78, 5) is 24.3. The summed E-state index contributed by atoms with van der Waals surface area (Å²) in [5.41, 5.74) is 0.687. The van der Waals surface area contributed by atoms with E-state index < -0.39 is 33.7 Å². The minimum atomic E-state index is -4.12. The molecule has 31 heavy (non-hydrogen) atoms. The van der Waals surface area contributed by atoms with Crippen LogP contribution in [0.15, 0.2) is 70.4 Å². The largest absolute Gasteiger partial charge is 0.472 e. The number of carbonyl (C=O) groups is 2. The number of carbonyl (C=O) groups excluding carboxylic acids is 2. The molecule has 0 saturated carbocycles. The maximum Gasteiger partial charge on any atom is 0.262 e. The van der Waals surface area contributed by atoms with Crippen molar-refractivity contribution in [2.24, 2.45) is 0 Å². The van der Waals surface area contributed by atoms with Gasteiger partial charge in [0.05, 0.1) is 22.4 Å². The van der Waals surface area contributed by atoms with Crippen molar-refractivity contribution in [2.75, 3.05) is 10.0 Å². The molecular formula is C21H20FN3O5S. The van der Waals surface area contributed by atoms with Gasteiger partial charge >= 0.3 is 0 Å². The zero-order chi connectivity index (χ0) is 22.6. The van der Waals surface area contributed by atoms with E-state index in [-0.39, 0.29) is 21.8 Å². The molecule has 0 aliphatic carbocycles. The summed E-state index contributed by atoms with van der Waals surface area (Å²) in [5.74, 6) is -1.75. The number of halogens is 1. The van der Waals surface area contributed by atoms with Crippen molar-refractivity contribution < 1.29 is 26.8 Å². The molecule has 1 atom stereocenters. The lowest BCUT2D eigenvalue weighted by Gasteiger charge is -2.16. The normalized spacial score (nSPS) is 12.1. The van der Waals surface area contributed by atoms with Crippen LogP contribution in [0.25, 0.3) is 0 Å². The van der Waals surface area contributed by atoms with Gasteiger partial charge in [-0.3, -0.25) is 14.3 Å². The summed E-state index contributed by atoms with van der Waals surface area (Å²) < 4.78 is 46.4. The fourth-order valence-electron chi connectivity index (χ4n) is 2.70. The van der Waals surface area contributed by atoms with E-state index >= 15 is 0 Å². The maximum atomic E-state index is 13.9. The Morgan fingerprint density at radius 3 is 2.52 bits per heavy atom. The molecule has 1 heterocycles. The number of para-hydroxylation sites is 1. The lowest BCUT2D eigenvalue weighted by Crippen LogP contribution is -2.41. The van der Waals surface area contributed by atoms with E-state index in [4.69, 9.17) is 4.42 Å². The highest BCUT2D eigenvalue weighted by atomic mass is 32.2. The Balaban J connectivity index is 1.75. The number of amides is 2. The first-order chi connectivity index (χ1) is 14.7. The Bertz CT molecular complexity index is 1210. The van der Waals surface area contributed by atoms with Gasteiger partial charge in [0.1, 0.15) is 18.1 Å². The van der Waals surface area contributed by atoms with Gasteiger partial charge in [-0.1, -0.05) is 18.2 Å². The number of nitrogens with one attached hydrogen (secondary N) is 3. The van der Waals surface area contributed by atoms with Crippen molar-refractivity contribution in [2.45, 2.75) is 24.8 Å². The van der Waals surface area contributed by atoms with Crippen molar-refractivity contribution in [3.8, 4) is 0 Å². The predicted molar refractivity (Wildman–Crippen MR) is 113 cm³/mol. The molecule has 1 aromatic heterocycles. The molecule has 0 aliphatic rings. The number of benzene rings is 2. The molecule has 3 rings (SSSR count). The number of sulfonamides is 1. The van der Waals surface area contributed by atoms with Crippen molar-refractivity contribution in [3.63, 3.8) is 0 Å². The van der Waals surface area contributed by atoms with Gasteiger partial charge in [-0.25, -0.2) is 12.8 Å². The zero-order valence-corrected chi connectivity index (χ0v) is 17.5. The van der Waals surface area contributed by atoms with Crippen LogP contribution < -0.4 is 15.4 Å². The molecule has 0 bridgehead atoms. The van der Waals surface area contributed by atoms with Crippen LogP contribution in [0.3, 0.4) is 0 Å². The average molecular weight is 445 g/mol. The molecule has 2 aromatic carbocycles. The molecule has 1 unspecified atom stereocenters. The zero-order valence-electron chi connectivity index (χ0n) is 16.7. The van der Waals surface area contributed by atoms with Crippen LogP contribution in [-0.4, -0.2) is 26.3 Å². The van der Waals surface area contributed by atoms with Crippen LogP contribution in [0.5, 0.6) is 0 Å². The van der Waals surface area contributed by atoms with Crippen molar-refractivity contribution in [1.82, 2.24) is 5.32 Å². The number of aryl methyl sites for hydroxylation is 1. The van der Waals surface area contributed by atoms with Crippen LogP contribution in [0.2, 0.25) is 0 Å². The van der Waals surface area contributed by atoms with E-state index in [9.17, 15) is 22.4 Å². The molecular weight excluding hydrogens is 425 g/mol. The topological polar surface area (TPSA) is 118 Å². The third kappa shape index (κ3) is 5.28. The highest BCUT2D eigenvalue weighted by Gasteiger charge is 2.21. The summed E-state index contributed by atoms with van der Waals surface area (Å²) in [7, 11) is -4.12. The van der Waals surface area contributed by atoms with E-state index in [2.05, 4.69) is 15.4 Å². The number of rotatable bonds is 7. The van der Waals surface area contributed by atoms with Crippen LogP contribution in [0, 0.1) is 12.7 Å². The quantitative estimate of drug-likeness (QED) is 0.516. The minimum absolute atomic E-state index is 0.122. The summed E-state index contributed by atoms with van der Waals surface area (Å²) in [6.45, 7) is 3.06. The highest BCUT2D eigenvalue weighted by Crippen LogP contribution is 2.24. The average Bonchev–Trinajstić information content (AvgIpc) is 3.26. The summed E-state index contributed by atoms with van der Waals surface area (Å²) in [5, 5.41) is 5.08. The van der Waals surface area contributed by atoms with E-state index in [1.54, 1.807) is 6.92 Å². The van der Waals surface area contributed by atoms with Crippen LogP contribution >= 0.6 is 0 Å². The molecule has 2 amide bonds. The van der Waals surface area contributed by atoms with Gasteiger partial charge in [-0.05, 0) is 49.7 Å². The molecule has 0 saturated heterocycles. The van der Waals surface area contributed by atoms with Crippen LogP contribution in [-0.2, 0) is 14.8 Å². The Morgan fingerprint density at radius 2 is 1.84 bits per heavy atom. The van der Waals surface area contributed by atoms with Crippen molar-refractivity contribution in [1.29, 1.82) is 0 Å². The van der Waals surface area contributed by atoms with Crippen LogP contribution in [0.1, 0.15) is 22.8 Å². The van der Waals surface area contributed by atoms with E-state index in [1.807, 2.05) is 0 Å². The second-order valence-corrected chi connectivity index (χ2v) is 8.41. The molecule has 0 spiro atoms. The molecule has 8 nitrogen and oxygen atoms in total. The van der Waals surface area contributed by atoms with Gasteiger partial charge in [-0.15, -0.1) is 0 Å². The van der Waals surface area contributed by atoms with Crippen LogP contribution in [0.4, 0.5) is 15.8 Å². The summed E-state index contributed by atoms with van der Waals surface area (Å²) in [6.07, 6.45) is 2.59. The Kier molecular flexibility index (Phi) is 6.40. The van der Waals surface area contributed by atoms with Gasteiger partial charge in [0.25, 0.3) is 15.9 Å². The van der Waals surface area contributed by atoms with Gasteiger partial charge in [-0.2, -0.15) is 0 Å². The molecule has 0 radical (unpaired) electrons. The standard InChI is InChI=1S/C21H20FN3O5S/c1-13-7-8-16(24-20(26)14(2)23-21(27)15-9-10-30-12-15)11-19(13)31(28,29)25-18-6-4-3-5-17(18)22/h3-12,14,25H,1-2H3,(H,23,27)(H,24,26). The number of hydrogen-bond acceptors (Lipinski definition) is 5. The molecule has 3 N–H and O–H groups in total. The number of furan rings is 1. The fourth-order valence-corrected chi connectivity index (χ4v) is 4.04. The molecule has 162 valence electrons. The number of hydrogen-bond donors (Lipinski definition) is 3. The first-order valence-electron chi connectivity index (χ1n) is 9.19. The van der Waals surface area contributed by atoms with Gasteiger partial charge in [0, 0.05) is 5.69 Å². The second-order valence-electron chi connectivity index (χ2n) is 6.76. The first kappa shape index (κ1) is 22.0. The van der Waals surface area contributed by atoms with E-state index in [1.165, 1.54) is 61.9 Å². The SMILES string of the molecule is Cc1ccc(NC(=O)C(C)NC(=O)c2ccoc2)cc1S(=O)(=O)Nc1ccccc1F. The van der Waals surface area contributed by atoms with Crippen molar-refractivity contribution >= 4 is 33.2 Å². The summed E-state index contributed by atoms with van der Waals surface area (Å²) >= 11 is 0. The predicted octanol–water partition coefficient (Wildman–Crippen LogP) is 3.28. The molecule has 10 heteroatoms. The minimum Gasteiger partial charge on any atom is -0.472 e.